The van der Waals surface area contributed by atoms with Gasteiger partial charge in [0.2, 0.25) is 0 Å². The van der Waals surface area contributed by atoms with Gasteiger partial charge in [-0.25, -0.2) is 5.43 Å². The molecular weight excluding hydrogens is 380 g/mol. The fourth-order valence-electron chi connectivity index (χ4n) is 2.42. The molecule has 1 heterocycles. The van der Waals surface area contributed by atoms with Crippen LogP contribution < -0.4 is 5.43 Å². The summed E-state index contributed by atoms with van der Waals surface area (Å²) in [4.78, 5) is 12.1. The van der Waals surface area contributed by atoms with Crippen molar-refractivity contribution < 1.29 is 9.21 Å². The topological polar surface area (TPSA) is 54.6 Å². The summed E-state index contributed by atoms with van der Waals surface area (Å²) < 4.78 is 6.47. The molecule has 0 radical (unpaired) electrons. The van der Waals surface area contributed by atoms with Gasteiger partial charge in [0.05, 0.1) is 6.21 Å². The highest BCUT2D eigenvalue weighted by Gasteiger charge is 2.13. The third kappa shape index (κ3) is 4.17. The molecule has 1 amide bonds. The van der Waals surface area contributed by atoms with Crippen molar-refractivity contribution in [2.75, 3.05) is 0 Å². The molecule has 1 aromatic heterocycles. The summed E-state index contributed by atoms with van der Waals surface area (Å²) in [6.07, 6.45) is 1.61. The maximum atomic E-state index is 12.1. The van der Waals surface area contributed by atoms with E-state index in [-0.39, 0.29) is 17.1 Å². The summed E-state index contributed by atoms with van der Waals surface area (Å²) >= 11 is 3.40. The number of furan rings is 1. The van der Waals surface area contributed by atoms with E-state index in [1.54, 1.807) is 12.3 Å². The number of nitrogens with one attached hydrogen (secondary N) is 1. The first-order chi connectivity index (χ1) is 11.8. The second kappa shape index (κ2) is 6.84. The van der Waals surface area contributed by atoms with Gasteiger partial charge in [0.25, 0.3) is 0 Å². The first kappa shape index (κ1) is 17.4. The summed E-state index contributed by atoms with van der Waals surface area (Å²) in [6.45, 7) is 6.51. The first-order valence-corrected chi connectivity index (χ1v) is 8.75. The minimum atomic E-state index is -0.380. The molecule has 0 spiro atoms. The molecule has 0 fully saturated rings. The molecule has 3 aromatic rings. The fraction of sp³-hybridized carbons (Fsp3) is 0.200. The normalized spacial score (nSPS) is 12.0. The van der Waals surface area contributed by atoms with E-state index in [4.69, 9.17) is 4.42 Å². The lowest BCUT2D eigenvalue weighted by molar-refractivity contribution is 0.0929. The number of amides is 1. The summed E-state index contributed by atoms with van der Waals surface area (Å²) in [6, 6.07) is 15.4. The lowest BCUT2D eigenvalue weighted by atomic mass is 9.87. The molecule has 0 bridgehead atoms. The number of halogens is 1. The van der Waals surface area contributed by atoms with Crippen LogP contribution in [0.5, 0.6) is 0 Å². The number of carbonyl (C=O) groups excluding carboxylic acids is 1. The molecule has 128 valence electrons. The highest BCUT2D eigenvalue weighted by molar-refractivity contribution is 9.10. The van der Waals surface area contributed by atoms with E-state index in [1.165, 1.54) is 5.56 Å². The predicted molar refractivity (Wildman–Crippen MR) is 104 cm³/mol. The van der Waals surface area contributed by atoms with Crippen LogP contribution in [-0.2, 0) is 5.41 Å². The summed E-state index contributed by atoms with van der Waals surface area (Å²) in [5.74, 6) is -0.150. The van der Waals surface area contributed by atoms with Gasteiger partial charge in [-0.15, -0.1) is 0 Å². The lowest BCUT2D eigenvalue weighted by Gasteiger charge is -2.18. The maximum absolute atomic E-state index is 12.1. The maximum Gasteiger partial charge on any atom is 0.307 e. The van der Waals surface area contributed by atoms with Gasteiger partial charge in [0.15, 0.2) is 5.76 Å². The van der Waals surface area contributed by atoms with Crippen molar-refractivity contribution in [2.45, 2.75) is 26.2 Å². The Morgan fingerprint density at radius 2 is 1.84 bits per heavy atom. The van der Waals surface area contributed by atoms with Gasteiger partial charge >= 0.3 is 5.91 Å². The zero-order valence-corrected chi connectivity index (χ0v) is 15.9. The van der Waals surface area contributed by atoms with Crippen LogP contribution in [0.15, 0.2) is 62.5 Å². The Kier molecular flexibility index (Phi) is 4.77. The number of rotatable bonds is 3. The van der Waals surface area contributed by atoms with Crippen molar-refractivity contribution in [2.24, 2.45) is 5.10 Å². The third-order valence-electron chi connectivity index (χ3n) is 3.86. The Bertz CT molecular complexity index is 934. The highest BCUT2D eigenvalue weighted by Crippen LogP contribution is 2.23. The standard InChI is InChI=1S/C20H19BrN2O2/c1-20(2,3)15-6-4-13(5-7-15)12-22-23-19(24)18-11-14-10-16(21)8-9-17(14)25-18/h4-12H,1-3H3,(H,23,24)/b22-12+. The van der Waals surface area contributed by atoms with Gasteiger partial charge in [0, 0.05) is 9.86 Å². The quantitative estimate of drug-likeness (QED) is 0.483. The van der Waals surface area contributed by atoms with Crippen LogP contribution in [0.4, 0.5) is 0 Å². The van der Waals surface area contributed by atoms with Gasteiger partial charge in [0.1, 0.15) is 5.58 Å². The molecule has 0 atom stereocenters. The summed E-state index contributed by atoms with van der Waals surface area (Å²) in [5.41, 5.74) is 5.44. The van der Waals surface area contributed by atoms with Gasteiger partial charge in [-0.2, -0.15) is 5.10 Å². The predicted octanol–water partition coefficient (Wildman–Crippen LogP) is 5.26. The van der Waals surface area contributed by atoms with E-state index in [1.807, 2.05) is 30.3 Å². The van der Waals surface area contributed by atoms with Gasteiger partial charge in [-0.1, -0.05) is 61.0 Å². The molecule has 2 aromatic carbocycles. The number of carbonyl (C=O) groups is 1. The molecule has 0 aliphatic heterocycles. The van der Waals surface area contributed by atoms with Crippen molar-refractivity contribution in [1.82, 2.24) is 5.43 Å². The smallest absolute Gasteiger partial charge is 0.307 e. The number of hydrogen-bond acceptors (Lipinski definition) is 3. The average Bonchev–Trinajstić information content (AvgIpc) is 2.97. The van der Waals surface area contributed by atoms with Gasteiger partial charge in [-0.3, -0.25) is 4.79 Å². The van der Waals surface area contributed by atoms with Crippen molar-refractivity contribution >= 4 is 39.0 Å². The number of hydrogen-bond donors (Lipinski definition) is 1. The minimum Gasteiger partial charge on any atom is -0.451 e. The van der Waals surface area contributed by atoms with E-state index in [9.17, 15) is 4.79 Å². The summed E-state index contributed by atoms with van der Waals surface area (Å²) in [5, 5.41) is 4.87. The van der Waals surface area contributed by atoms with Crippen LogP contribution in [0.2, 0.25) is 0 Å². The van der Waals surface area contributed by atoms with E-state index >= 15 is 0 Å². The van der Waals surface area contributed by atoms with Crippen LogP contribution in [-0.4, -0.2) is 12.1 Å². The molecular formula is C20H19BrN2O2. The van der Waals surface area contributed by atoms with E-state index in [2.05, 4.69) is 59.4 Å². The van der Waals surface area contributed by atoms with Crippen LogP contribution >= 0.6 is 15.9 Å². The summed E-state index contributed by atoms with van der Waals surface area (Å²) in [7, 11) is 0. The Morgan fingerprint density at radius 1 is 1.12 bits per heavy atom. The zero-order chi connectivity index (χ0) is 18.0. The van der Waals surface area contributed by atoms with E-state index in [0.29, 0.717) is 5.58 Å². The number of benzene rings is 2. The fourth-order valence-corrected chi connectivity index (χ4v) is 2.79. The first-order valence-electron chi connectivity index (χ1n) is 7.96. The average molecular weight is 399 g/mol. The lowest BCUT2D eigenvalue weighted by Crippen LogP contribution is -2.16. The zero-order valence-electron chi connectivity index (χ0n) is 14.3. The number of nitrogens with zero attached hydrogens (tertiary/aromatic N) is 1. The molecule has 5 heteroatoms. The largest absolute Gasteiger partial charge is 0.451 e. The molecule has 3 rings (SSSR count). The molecule has 0 saturated heterocycles. The van der Waals surface area contributed by atoms with E-state index < -0.39 is 0 Å². The molecule has 25 heavy (non-hydrogen) atoms. The molecule has 0 unspecified atom stereocenters. The molecule has 0 aliphatic carbocycles. The number of fused-ring (bicyclic) bond motifs is 1. The van der Waals surface area contributed by atoms with Crippen LogP contribution in [0.25, 0.3) is 11.0 Å². The molecule has 0 saturated carbocycles. The van der Waals surface area contributed by atoms with Crippen molar-refractivity contribution in [3.8, 4) is 0 Å². The van der Waals surface area contributed by atoms with Crippen LogP contribution in [0.1, 0.15) is 42.5 Å². The van der Waals surface area contributed by atoms with Gasteiger partial charge < -0.3 is 4.42 Å². The Morgan fingerprint density at radius 3 is 2.52 bits per heavy atom. The van der Waals surface area contributed by atoms with Crippen LogP contribution in [0.3, 0.4) is 0 Å². The number of hydrazone groups is 1. The van der Waals surface area contributed by atoms with Crippen molar-refractivity contribution in [1.29, 1.82) is 0 Å². The third-order valence-corrected chi connectivity index (χ3v) is 4.35. The monoisotopic (exact) mass is 398 g/mol. The Hall–Kier alpha value is -2.40. The minimum absolute atomic E-state index is 0.111. The van der Waals surface area contributed by atoms with Crippen molar-refractivity contribution in [3.63, 3.8) is 0 Å². The SMILES string of the molecule is CC(C)(C)c1ccc(/C=N/NC(=O)c2cc3cc(Br)ccc3o2)cc1. The molecule has 0 aliphatic rings. The molecule has 4 nitrogen and oxygen atoms in total. The van der Waals surface area contributed by atoms with Crippen molar-refractivity contribution in [3.05, 3.63) is 69.9 Å². The Balaban J connectivity index is 1.67. The van der Waals surface area contributed by atoms with Crippen LogP contribution in [0, 0.1) is 0 Å². The van der Waals surface area contributed by atoms with Gasteiger partial charge in [-0.05, 0) is 40.8 Å². The molecule has 1 N–H and O–H groups in total. The Labute approximate surface area is 155 Å². The second-order valence-electron chi connectivity index (χ2n) is 6.86. The van der Waals surface area contributed by atoms with E-state index in [0.717, 1.165) is 15.4 Å². The second-order valence-corrected chi connectivity index (χ2v) is 7.78. The highest BCUT2D eigenvalue weighted by atomic mass is 79.9.